The number of aryl methyl sites for hydroxylation is 1. The summed E-state index contributed by atoms with van der Waals surface area (Å²) in [4.78, 5) is 0. The third-order valence-corrected chi connectivity index (χ3v) is 3.68. The molecule has 0 bridgehead atoms. The van der Waals surface area contributed by atoms with Crippen molar-refractivity contribution in [2.45, 2.75) is 20.4 Å². The van der Waals surface area contributed by atoms with Gasteiger partial charge in [0, 0.05) is 12.2 Å². The van der Waals surface area contributed by atoms with Crippen molar-refractivity contribution >= 4 is 21.6 Å². The van der Waals surface area contributed by atoms with Crippen molar-refractivity contribution in [1.82, 2.24) is 0 Å². The van der Waals surface area contributed by atoms with Crippen LogP contribution >= 0.6 is 15.9 Å². The lowest BCUT2D eigenvalue weighted by molar-refractivity contribution is 0.318. The SMILES string of the molecule is CCOc1cc(CNc2cc(Br)c(F)cc2C)ccc1O. The lowest BCUT2D eigenvalue weighted by Crippen LogP contribution is -2.02. The minimum absolute atomic E-state index is 0.126. The molecule has 0 saturated carbocycles. The first-order valence-electron chi connectivity index (χ1n) is 6.65. The van der Waals surface area contributed by atoms with Crippen molar-refractivity contribution in [3.8, 4) is 11.5 Å². The largest absolute Gasteiger partial charge is 0.504 e. The minimum Gasteiger partial charge on any atom is -0.504 e. The maximum Gasteiger partial charge on any atom is 0.161 e. The molecular formula is C16H17BrFNO2. The Morgan fingerprint density at radius 1 is 1.29 bits per heavy atom. The highest BCUT2D eigenvalue weighted by molar-refractivity contribution is 9.10. The molecule has 0 saturated heterocycles. The van der Waals surface area contributed by atoms with Crippen LogP contribution in [0.15, 0.2) is 34.8 Å². The van der Waals surface area contributed by atoms with Gasteiger partial charge in [-0.1, -0.05) is 6.07 Å². The zero-order chi connectivity index (χ0) is 15.4. The number of anilines is 1. The molecule has 0 aliphatic carbocycles. The molecule has 0 aliphatic rings. The number of hydrogen-bond donors (Lipinski definition) is 2. The van der Waals surface area contributed by atoms with Crippen LogP contribution in [0.2, 0.25) is 0 Å². The summed E-state index contributed by atoms with van der Waals surface area (Å²) in [5.74, 6) is 0.316. The second-order valence-corrected chi connectivity index (χ2v) is 5.52. The third kappa shape index (κ3) is 3.88. The van der Waals surface area contributed by atoms with E-state index in [1.165, 1.54) is 6.07 Å². The van der Waals surface area contributed by atoms with Gasteiger partial charge < -0.3 is 15.2 Å². The molecule has 112 valence electrons. The van der Waals surface area contributed by atoms with Crippen LogP contribution in [0.5, 0.6) is 11.5 Å². The lowest BCUT2D eigenvalue weighted by Gasteiger charge is -2.12. The Bertz CT molecular complexity index is 646. The third-order valence-electron chi connectivity index (χ3n) is 3.07. The highest BCUT2D eigenvalue weighted by Gasteiger charge is 2.07. The van der Waals surface area contributed by atoms with Crippen molar-refractivity contribution in [1.29, 1.82) is 0 Å². The molecule has 0 fully saturated rings. The number of phenolic OH excluding ortho intramolecular Hbond substituents is 1. The zero-order valence-electron chi connectivity index (χ0n) is 11.9. The van der Waals surface area contributed by atoms with Crippen molar-refractivity contribution in [3.63, 3.8) is 0 Å². The van der Waals surface area contributed by atoms with Crippen molar-refractivity contribution in [2.75, 3.05) is 11.9 Å². The predicted octanol–water partition coefficient (Wildman–Crippen LogP) is 4.61. The monoisotopic (exact) mass is 353 g/mol. The Morgan fingerprint density at radius 2 is 2.05 bits per heavy atom. The maximum absolute atomic E-state index is 13.4. The van der Waals surface area contributed by atoms with E-state index in [1.807, 2.05) is 19.9 Å². The van der Waals surface area contributed by atoms with E-state index in [0.29, 0.717) is 23.4 Å². The fourth-order valence-electron chi connectivity index (χ4n) is 1.97. The van der Waals surface area contributed by atoms with E-state index < -0.39 is 0 Å². The van der Waals surface area contributed by atoms with Crippen LogP contribution in [-0.4, -0.2) is 11.7 Å². The zero-order valence-corrected chi connectivity index (χ0v) is 13.5. The average Bonchev–Trinajstić information content (AvgIpc) is 2.45. The molecule has 0 heterocycles. The Morgan fingerprint density at radius 3 is 2.76 bits per heavy atom. The molecule has 0 aromatic heterocycles. The van der Waals surface area contributed by atoms with Crippen molar-refractivity contribution < 1.29 is 14.2 Å². The summed E-state index contributed by atoms with van der Waals surface area (Å²) < 4.78 is 19.2. The van der Waals surface area contributed by atoms with Crippen LogP contribution in [0.3, 0.4) is 0 Å². The second-order valence-electron chi connectivity index (χ2n) is 4.67. The highest BCUT2D eigenvalue weighted by atomic mass is 79.9. The second kappa shape index (κ2) is 6.80. The maximum atomic E-state index is 13.4. The Hall–Kier alpha value is -1.75. The number of phenols is 1. The summed E-state index contributed by atoms with van der Waals surface area (Å²) in [7, 11) is 0. The molecule has 0 radical (unpaired) electrons. The Balaban J connectivity index is 2.13. The molecule has 0 amide bonds. The number of ether oxygens (including phenoxy) is 1. The van der Waals surface area contributed by atoms with Gasteiger partial charge in [-0.2, -0.15) is 0 Å². The number of rotatable bonds is 5. The van der Waals surface area contributed by atoms with Gasteiger partial charge in [0.15, 0.2) is 11.5 Å². The quantitative estimate of drug-likeness (QED) is 0.824. The topological polar surface area (TPSA) is 41.5 Å². The normalized spacial score (nSPS) is 10.5. The van der Waals surface area contributed by atoms with Crippen LogP contribution < -0.4 is 10.1 Å². The van der Waals surface area contributed by atoms with Gasteiger partial charge in [0.25, 0.3) is 0 Å². The molecule has 0 spiro atoms. The van der Waals surface area contributed by atoms with Crippen LogP contribution in [0, 0.1) is 12.7 Å². The summed E-state index contributed by atoms with van der Waals surface area (Å²) >= 11 is 3.18. The van der Waals surface area contributed by atoms with Crippen LogP contribution in [-0.2, 0) is 6.54 Å². The molecule has 3 nitrogen and oxygen atoms in total. The van der Waals surface area contributed by atoms with Crippen LogP contribution in [0.4, 0.5) is 10.1 Å². The van der Waals surface area contributed by atoms with Crippen molar-refractivity contribution in [3.05, 3.63) is 51.7 Å². The highest BCUT2D eigenvalue weighted by Crippen LogP contribution is 2.28. The van der Waals surface area contributed by atoms with E-state index in [9.17, 15) is 9.50 Å². The Kier molecular flexibility index (Phi) is 5.07. The molecule has 2 aromatic rings. The van der Waals surface area contributed by atoms with E-state index in [1.54, 1.807) is 18.2 Å². The molecule has 2 aromatic carbocycles. The average molecular weight is 354 g/mol. The van der Waals surface area contributed by atoms with Crippen molar-refractivity contribution in [2.24, 2.45) is 0 Å². The van der Waals surface area contributed by atoms with Crippen LogP contribution in [0.25, 0.3) is 0 Å². The predicted molar refractivity (Wildman–Crippen MR) is 85.4 cm³/mol. The number of hydrogen-bond acceptors (Lipinski definition) is 3. The summed E-state index contributed by atoms with van der Waals surface area (Å²) in [6.07, 6.45) is 0. The van der Waals surface area contributed by atoms with E-state index in [0.717, 1.165) is 16.8 Å². The van der Waals surface area contributed by atoms with Gasteiger partial charge in [0.05, 0.1) is 11.1 Å². The first-order chi connectivity index (χ1) is 10.0. The summed E-state index contributed by atoms with van der Waals surface area (Å²) in [5, 5.41) is 12.9. The molecule has 2 rings (SSSR count). The molecule has 0 atom stereocenters. The number of aromatic hydroxyl groups is 1. The smallest absolute Gasteiger partial charge is 0.161 e. The molecule has 0 unspecified atom stereocenters. The summed E-state index contributed by atoms with van der Waals surface area (Å²) in [5.41, 5.74) is 2.66. The molecule has 2 N–H and O–H groups in total. The number of halogens is 2. The van der Waals surface area contributed by atoms with Gasteiger partial charge in [-0.15, -0.1) is 0 Å². The van der Waals surface area contributed by atoms with E-state index in [-0.39, 0.29) is 11.6 Å². The standard InChI is InChI=1S/C16H17BrFNO2/c1-3-21-16-7-11(4-5-15(16)20)9-19-14-8-12(17)13(18)6-10(14)2/h4-8,19-20H,3,9H2,1-2H3. The number of nitrogens with one attached hydrogen (secondary N) is 1. The van der Waals surface area contributed by atoms with Gasteiger partial charge in [0.2, 0.25) is 0 Å². The fourth-order valence-corrected chi connectivity index (χ4v) is 2.32. The minimum atomic E-state index is -0.277. The van der Waals surface area contributed by atoms with E-state index >= 15 is 0 Å². The van der Waals surface area contributed by atoms with Gasteiger partial charge in [-0.3, -0.25) is 0 Å². The van der Waals surface area contributed by atoms with E-state index in [2.05, 4.69) is 21.2 Å². The van der Waals surface area contributed by atoms with E-state index in [4.69, 9.17) is 4.74 Å². The van der Waals surface area contributed by atoms with Gasteiger partial charge in [0.1, 0.15) is 5.82 Å². The molecular weight excluding hydrogens is 337 g/mol. The first-order valence-corrected chi connectivity index (χ1v) is 7.44. The van der Waals surface area contributed by atoms with Gasteiger partial charge in [-0.05, 0) is 65.2 Å². The lowest BCUT2D eigenvalue weighted by atomic mass is 10.1. The Labute approximate surface area is 131 Å². The summed E-state index contributed by atoms with van der Waals surface area (Å²) in [6, 6.07) is 8.41. The number of benzene rings is 2. The molecule has 21 heavy (non-hydrogen) atoms. The van der Waals surface area contributed by atoms with Gasteiger partial charge >= 0.3 is 0 Å². The summed E-state index contributed by atoms with van der Waals surface area (Å²) in [6.45, 7) is 4.76. The first kappa shape index (κ1) is 15.6. The van der Waals surface area contributed by atoms with Crippen LogP contribution in [0.1, 0.15) is 18.1 Å². The molecule has 5 heteroatoms. The fraction of sp³-hybridized carbons (Fsp3) is 0.250. The molecule has 0 aliphatic heterocycles. The van der Waals surface area contributed by atoms with Gasteiger partial charge in [-0.25, -0.2) is 4.39 Å².